The minimum atomic E-state index is -3.50. The maximum Gasteiger partial charge on any atom is 0.251 e. The first-order chi connectivity index (χ1) is 26.8. The van der Waals surface area contributed by atoms with E-state index in [-0.39, 0.29) is 27.8 Å². The lowest BCUT2D eigenvalue weighted by molar-refractivity contribution is -0.612. The second-order valence-corrected chi connectivity index (χ2v) is 18.0. The molecule has 0 saturated heterocycles. The van der Waals surface area contributed by atoms with E-state index >= 15 is 0 Å². The molecule has 0 atom stereocenters. The fraction of sp³-hybridized carbons (Fsp3) is 0.182. The molecule has 0 unspecified atom stereocenters. The van der Waals surface area contributed by atoms with Crippen molar-refractivity contribution in [1.82, 2.24) is 15.6 Å². The van der Waals surface area contributed by atoms with E-state index < -0.39 is 25.6 Å². The number of aromatic nitrogens is 2. The van der Waals surface area contributed by atoms with Gasteiger partial charge in [-0.15, -0.1) is 0 Å². The van der Waals surface area contributed by atoms with Crippen molar-refractivity contribution in [3.8, 4) is 22.3 Å². The number of benzene rings is 4. The smallest absolute Gasteiger partial charge is 0.251 e. The molecule has 0 fully saturated rings. The average molecular weight is 805 g/mol. The van der Waals surface area contributed by atoms with Crippen LogP contribution in [0.2, 0.25) is 0 Å². The van der Waals surface area contributed by atoms with E-state index in [4.69, 9.17) is 0 Å². The van der Waals surface area contributed by atoms with Crippen LogP contribution in [0, 0.1) is 32.9 Å². The monoisotopic (exact) mass is 804 g/mol. The lowest BCUT2D eigenvalue weighted by Crippen LogP contribution is -2.31. The Bertz CT molecular complexity index is 2640. The maximum absolute atomic E-state index is 12.7. The summed E-state index contributed by atoms with van der Waals surface area (Å²) in [7, 11) is -6.96. The summed E-state index contributed by atoms with van der Waals surface area (Å²) in [6.07, 6.45) is 5.36. The van der Waals surface area contributed by atoms with Gasteiger partial charge in [-0.3, -0.25) is 14.6 Å². The van der Waals surface area contributed by atoms with Gasteiger partial charge in [-0.2, -0.15) is 4.73 Å². The van der Waals surface area contributed by atoms with Crippen LogP contribution in [-0.2, 0) is 32.8 Å². The molecule has 6 rings (SSSR count). The van der Waals surface area contributed by atoms with E-state index in [0.29, 0.717) is 34.5 Å². The predicted octanol–water partition coefficient (Wildman–Crippen LogP) is 6.64. The minimum Gasteiger partial charge on any atom is -0.619 e. The fourth-order valence-corrected chi connectivity index (χ4v) is 6.95. The molecule has 57 heavy (non-hydrogen) atoms. The molecule has 0 saturated carbocycles. The van der Waals surface area contributed by atoms with Gasteiger partial charge in [0, 0.05) is 67.2 Å². The van der Waals surface area contributed by atoms with Gasteiger partial charge >= 0.3 is 0 Å². The molecule has 0 bridgehead atoms. The van der Waals surface area contributed by atoms with E-state index in [1.54, 1.807) is 49.5 Å². The first-order valence-corrected chi connectivity index (χ1v) is 21.6. The van der Waals surface area contributed by atoms with Crippen LogP contribution in [0.15, 0.2) is 131 Å². The summed E-state index contributed by atoms with van der Waals surface area (Å²) in [4.78, 5) is 29.8. The average Bonchev–Trinajstić information content (AvgIpc) is 3.17. The Morgan fingerprint density at radius 2 is 1.02 bits per heavy atom. The summed E-state index contributed by atoms with van der Waals surface area (Å²) >= 11 is 0. The maximum atomic E-state index is 12.7. The van der Waals surface area contributed by atoms with Crippen molar-refractivity contribution < 1.29 is 31.2 Å². The van der Waals surface area contributed by atoms with Crippen molar-refractivity contribution in [3.05, 3.63) is 172 Å². The molecule has 2 aromatic heterocycles. The van der Waals surface area contributed by atoms with Gasteiger partial charge in [-0.25, -0.2) is 16.8 Å². The molecular formula is C44H44N4O7S2. The zero-order valence-corrected chi connectivity index (χ0v) is 34.2. The van der Waals surface area contributed by atoms with Gasteiger partial charge < -0.3 is 15.8 Å². The molecule has 294 valence electrons. The number of nitrogens with zero attached hydrogens (tertiary/aromatic N) is 2. The summed E-state index contributed by atoms with van der Waals surface area (Å²) in [6.45, 7) is 8.01. The third kappa shape index (κ3) is 11.7. The molecular weight excluding hydrogens is 761 g/mol. The van der Waals surface area contributed by atoms with Gasteiger partial charge in [0.1, 0.15) is 0 Å². The number of sulfone groups is 2. The minimum absolute atomic E-state index is 0.0773. The summed E-state index contributed by atoms with van der Waals surface area (Å²) in [5, 5.41) is 17.2. The number of pyridine rings is 2. The number of rotatable bonds is 10. The van der Waals surface area contributed by atoms with Gasteiger partial charge in [0.25, 0.3) is 11.8 Å². The van der Waals surface area contributed by atoms with Crippen LogP contribution in [0.4, 0.5) is 0 Å². The molecule has 13 heteroatoms. The van der Waals surface area contributed by atoms with Crippen molar-refractivity contribution >= 4 is 31.5 Å². The van der Waals surface area contributed by atoms with Gasteiger partial charge in [0.05, 0.1) is 9.79 Å². The number of amides is 2. The topological polar surface area (TPSA) is 166 Å². The third-order valence-electron chi connectivity index (χ3n) is 9.01. The highest BCUT2D eigenvalue weighted by Gasteiger charge is 2.17. The summed E-state index contributed by atoms with van der Waals surface area (Å²) in [5.74, 6) is -0.749. The number of nitrogens with one attached hydrogen (secondary N) is 2. The van der Waals surface area contributed by atoms with Gasteiger partial charge in [0.15, 0.2) is 31.6 Å². The van der Waals surface area contributed by atoms with Crippen LogP contribution in [-0.4, -0.2) is 46.1 Å². The number of carbonyl (C=O) groups is 2. The molecule has 2 N–H and O–H groups in total. The Morgan fingerprint density at radius 1 is 0.579 bits per heavy atom. The summed E-state index contributed by atoms with van der Waals surface area (Å²) in [5.41, 5.74) is 8.72. The molecule has 11 nitrogen and oxygen atoms in total. The lowest BCUT2D eigenvalue weighted by atomic mass is 10.0. The molecule has 0 aliphatic carbocycles. The van der Waals surface area contributed by atoms with Crippen molar-refractivity contribution in [2.75, 3.05) is 12.5 Å². The van der Waals surface area contributed by atoms with Crippen LogP contribution in [0.3, 0.4) is 0 Å². The Kier molecular flexibility index (Phi) is 13.1. The standard InChI is InChI=1S/C22H22N2O4S.C22H22N2O3S/c1-15-4-8-18(9-5-15)19-10-20(12-21(11-19)29(3,27)28)22(25)23-13-17-7-6-16(2)24(26)14-17;1-15-4-8-18(9-5-15)19-10-20(12-21(11-19)28(3,26)27)22(25)24-14-17-7-6-16(2)23-13-17/h4-12,14H,13H2,1-3H3,(H,23,25);4-13H,14H2,1-3H3,(H,24,25). The SMILES string of the molecule is Cc1ccc(-c2cc(C(=O)NCc3ccc(C)[n+]([O-])c3)cc(S(C)(=O)=O)c2)cc1.Cc1ccc(-c2cc(C(=O)NCc3ccc(C)nc3)cc(S(C)(=O)=O)c2)cc1. The first kappa shape index (κ1) is 42.0. The quantitative estimate of drug-likeness (QED) is 0.115. The Labute approximate surface area is 333 Å². The first-order valence-electron chi connectivity index (χ1n) is 17.9. The van der Waals surface area contributed by atoms with Crippen molar-refractivity contribution in [3.63, 3.8) is 0 Å². The van der Waals surface area contributed by atoms with Crippen LogP contribution in [0.25, 0.3) is 22.3 Å². The molecule has 6 aromatic rings. The number of hydrogen-bond donors (Lipinski definition) is 2. The van der Waals surface area contributed by atoms with Gasteiger partial charge in [0.2, 0.25) is 0 Å². The summed E-state index contributed by atoms with van der Waals surface area (Å²) in [6, 6.07) is 31.9. The second kappa shape index (κ2) is 17.7. The van der Waals surface area contributed by atoms with Crippen molar-refractivity contribution in [1.29, 1.82) is 0 Å². The predicted molar refractivity (Wildman–Crippen MR) is 221 cm³/mol. The molecule has 2 heterocycles. The highest BCUT2D eigenvalue weighted by molar-refractivity contribution is 7.91. The Hall–Kier alpha value is -6.18. The molecule has 4 aromatic carbocycles. The van der Waals surface area contributed by atoms with E-state index in [2.05, 4.69) is 15.6 Å². The van der Waals surface area contributed by atoms with Crippen LogP contribution >= 0.6 is 0 Å². The molecule has 0 radical (unpaired) electrons. The summed E-state index contributed by atoms with van der Waals surface area (Å²) < 4.78 is 49.2. The molecule has 0 aliphatic rings. The van der Waals surface area contributed by atoms with E-state index in [1.807, 2.05) is 81.4 Å². The number of hydrogen-bond acceptors (Lipinski definition) is 8. The van der Waals surface area contributed by atoms with Crippen LogP contribution < -0.4 is 15.4 Å². The molecule has 0 spiro atoms. The second-order valence-electron chi connectivity index (χ2n) is 13.9. The van der Waals surface area contributed by atoms with Crippen molar-refractivity contribution in [2.45, 2.75) is 50.6 Å². The number of carbonyl (C=O) groups excluding carboxylic acids is 2. The normalized spacial score (nSPS) is 11.3. The van der Waals surface area contributed by atoms with E-state index in [1.165, 1.54) is 18.3 Å². The Balaban J connectivity index is 0.000000218. The lowest BCUT2D eigenvalue weighted by Gasteiger charge is -2.11. The fourth-order valence-electron chi connectivity index (χ4n) is 5.59. The molecule has 2 amide bonds. The largest absolute Gasteiger partial charge is 0.619 e. The van der Waals surface area contributed by atoms with Crippen molar-refractivity contribution in [2.24, 2.45) is 0 Å². The molecule has 0 aliphatic heterocycles. The highest BCUT2D eigenvalue weighted by atomic mass is 32.2. The number of aryl methyl sites for hydroxylation is 4. The zero-order chi connectivity index (χ0) is 41.5. The van der Waals surface area contributed by atoms with E-state index in [9.17, 15) is 31.6 Å². The highest BCUT2D eigenvalue weighted by Crippen LogP contribution is 2.27. The zero-order valence-electron chi connectivity index (χ0n) is 32.5. The van der Waals surface area contributed by atoms with Gasteiger partial charge in [-0.05, 0) is 97.1 Å². The Morgan fingerprint density at radius 3 is 1.42 bits per heavy atom. The van der Waals surface area contributed by atoms with E-state index in [0.717, 1.165) is 50.8 Å². The van der Waals surface area contributed by atoms with Crippen LogP contribution in [0.5, 0.6) is 0 Å². The third-order valence-corrected chi connectivity index (χ3v) is 11.2. The van der Waals surface area contributed by atoms with Crippen LogP contribution in [0.1, 0.15) is 54.4 Å². The van der Waals surface area contributed by atoms with Gasteiger partial charge in [-0.1, -0.05) is 65.7 Å².